The maximum atomic E-state index is 13.7. The second-order valence-corrected chi connectivity index (χ2v) is 11.5. The lowest BCUT2D eigenvalue weighted by molar-refractivity contribution is 0.375. The SMILES string of the molecule is CS(=O)(=O)Nc1ccc(C2=NN(S(=O)(=O)c3cccc(F)c3)C(c3cccs3)C2)cc1. The molecule has 1 unspecified atom stereocenters. The minimum absolute atomic E-state index is 0.174. The molecule has 3 aromatic rings. The van der Waals surface area contributed by atoms with Gasteiger partial charge in [0, 0.05) is 17.0 Å². The summed E-state index contributed by atoms with van der Waals surface area (Å²) >= 11 is 1.41. The summed E-state index contributed by atoms with van der Waals surface area (Å²) in [4.78, 5) is 0.640. The highest BCUT2D eigenvalue weighted by atomic mass is 32.2. The first-order valence-corrected chi connectivity index (χ1v) is 13.3. The predicted molar refractivity (Wildman–Crippen MR) is 119 cm³/mol. The zero-order chi connectivity index (χ0) is 22.2. The van der Waals surface area contributed by atoms with E-state index in [0.29, 0.717) is 23.4 Å². The molecule has 2 aromatic carbocycles. The van der Waals surface area contributed by atoms with Crippen molar-refractivity contribution in [2.75, 3.05) is 11.0 Å². The van der Waals surface area contributed by atoms with Gasteiger partial charge in [-0.25, -0.2) is 12.8 Å². The van der Waals surface area contributed by atoms with Crippen molar-refractivity contribution < 1.29 is 21.2 Å². The minimum Gasteiger partial charge on any atom is -0.284 e. The number of hydrogen-bond acceptors (Lipinski definition) is 6. The van der Waals surface area contributed by atoms with Gasteiger partial charge in [-0.1, -0.05) is 24.3 Å². The molecule has 0 fully saturated rings. The lowest BCUT2D eigenvalue weighted by Crippen LogP contribution is -2.27. The largest absolute Gasteiger partial charge is 0.284 e. The smallest absolute Gasteiger partial charge is 0.279 e. The summed E-state index contributed by atoms with van der Waals surface area (Å²) in [5.74, 6) is -0.647. The van der Waals surface area contributed by atoms with Crippen LogP contribution in [0.3, 0.4) is 0 Å². The average Bonchev–Trinajstić information content (AvgIpc) is 3.37. The van der Waals surface area contributed by atoms with E-state index in [2.05, 4.69) is 9.82 Å². The molecule has 31 heavy (non-hydrogen) atoms. The molecule has 0 saturated heterocycles. The third-order valence-electron chi connectivity index (χ3n) is 4.61. The summed E-state index contributed by atoms with van der Waals surface area (Å²) in [5, 5.41) is 6.24. The summed E-state index contributed by atoms with van der Waals surface area (Å²) in [6, 6.07) is 14.5. The van der Waals surface area contributed by atoms with Crippen molar-refractivity contribution in [1.29, 1.82) is 0 Å². The molecule has 0 radical (unpaired) electrons. The van der Waals surface area contributed by atoms with E-state index in [4.69, 9.17) is 0 Å². The quantitative estimate of drug-likeness (QED) is 0.582. The summed E-state index contributed by atoms with van der Waals surface area (Å²) in [6.07, 6.45) is 1.39. The second-order valence-electron chi connectivity index (χ2n) is 6.97. The maximum Gasteiger partial charge on any atom is 0.279 e. The number of nitrogens with one attached hydrogen (secondary N) is 1. The van der Waals surface area contributed by atoms with E-state index < -0.39 is 31.9 Å². The molecule has 7 nitrogen and oxygen atoms in total. The first-order valence-electron chi connectivity index (χ1n) is 9.12. The Balaban J connectivity index is 1.72. The Labute approximate surface area is 184 Å². The van der Waals surface area contributed by atoms with Crippen LogP contribution in [0.1, 0.15) is 22.9 Å². The lowest BCUT2D eigenvalue weighted by atomic mass is 10.0. The molecule has 11 heteroatoms. The van der Waals surface area contributed by atoms with Crippen LogP contribution in [0.5, 0.6) is 0 Å². The normalized spacial score (nSPS) is 16.9. The third-order valence-corrected chi connectivity index (χ3v) is 7.86. The second kappa shape index (κ2) is 8.06. The van der Waals surface area contributed by atoms with Gasteiger partial charge >= 0.3 is 0 Å². The summed E-state index contributed by atoms with van der Waals surface area (Å²) in [7, 11) is -7.50. The van der Waals surface area contributed by atoms with Gasteiger partial charge in [0.2, 0.25) is 10.0 Å². The predicted octanol–water partition coefficient (Wildman–Crippen LogP) is 3.80. The molecule has 1 aliphatic heterocycles. The van der Waals surface area contributed by atoms with Crippen molar-refractivity contribution in [3.63, 3.8) is 0 Å². The molecular formula is C20H18FN3O4S3. The van der Waals surface area contributed by atoms with Crippen LogP contribution in [0.15, 0.2) is 76.0 Å². The lowest BCUT2D eigenvalue weighted by Gasteiger charge is -2.22. The monoisotopic (exact) mass is 479 g/mol. The first-order chi connectivity index (χ1) is 14.6. The van der Waals surface area contributed by atoms with Crippen molar-refractivity contribution in [3.05, 3.63) is 82.3 Å². The molecular weight excluding hydrogens is 461 g/mol. The van der Waals surface area contributed by atoms with E-state index in [1.807, 2.05) is 17.5 Å². The Kier molecular flexibility index (Phi) is 5.58. The molecule has 0 bridgehead atoms. The number of nitrogens with zero attached hydrogens (tertiary/aromatic N) is 2. The van der Waals surface area contributed by atoms with Crippen LogP contribution in [0.2, 0.25) is 0 Å². The van der Waals surface area contributed by atoms with Gasteiger partial charge in [-0.15, -0.1) is 11.3 Å². The van der Waals surface area contributed by atoms with Crippen molar-refractivity contribution in [3.8, 4) is 0 Å². The number of anilines is 1. The van der Waals surface area contributed by atoms with E-state index in [9.17, 15) is 21.2 Å². The van der Waals surface area contributed by atoms with Crippen LogP contribution in [0, 0.1) is 5.82 Å². The highest BCUT2D eigenvalue weighted by molar-refractivity contribution is 7.92. The van der Waals surface area contributed by atoms with Gasteiger partial charge in [0.1, 0.15) is 11.9 Å². The number of hydrogen-bond donors (Lipinski definition) is 1. The molecule has 0 aliphatic carbocycles. The van der Waals surface area contributed by atoms with Crippen LogP contribution in [0.25, 0.3) is 0 Å². The minimum atomic E-state index is -4.09. The molecule has 4 rings (SSSR count). The summed E-state index contributed by atoms with van der Waals surface area (Å²) in [6.45, 7) is 0. The number of halogens is 1. The van der Waals surface area contributed by atoms with Gasteiger partial charge in [-0.3, -0.25) is 4.72 Å². The van der Waals surface area contributed by atoms with Crippen molar-refractivity contribution in [2.45, 2.75) is 17.4 Å². The van der Waals surface area contributed by atoms with Gasteiger partial charge in [0.15, 0.2) is 0 Å². The third kappa shape index (κ3) is 4.63. The summed E-state index contributed by atoms with van der Waals surface area (Å²) < 4.78 is 66.4. The van der Waals surface area contributed by atoms with E-state index in [1.165, 1.54) is 29.5 Å². The van der Waals surface area contributed by atoms with Gasteiger partial charge in [-0.05, 0) is 47.3 Å². The molecule has 1 N–H and O–H groups in total. The van der Waals surface area contributed by atoms with Crippen LogP contribution >= 0.6 is 11.3 Å². The number of benzene rings is 2. The van der Waals surface area contributed by atoms with Crippen LogP contribution in [0.4, 0.5) is 10.1 Å². The molecule has 1 aliphatic rings. The number of thiophene rings is 1. The van der Waals surface area contributed by atoms with Crippen molar-refractivity contribution >= 4 is 42.8 Å². The molecule has 162 valence electrons. The Hall–Kier alpha value is -2.76. The number of sulfonamides is 2. The fourth-order valence-electron chi connectivity index (χ4n) is 3.26. The first kappa shape index (κ1) is 21.5. The van der Waals surface area contributed by atoms with Gasteiger partial charge < -0.3 is 0 Å². The van der Waals surface area contributed by atoms with Crippen LogP contribution < -0.4 is 4.72 Å². The number of hydrazone groups is 1. The fraction of sp³-hybridized carbons (Fsp3) is 0.150. The molecule has 1 aromatic heterocycles. The Morgan fingerprint density at radius 1 is 1.06 bits per heavy atom. The van der Waals surface area contributed by atoms with Gasteiger partial charge in [0.05, 0.1) is 16.9 Å². The maximum absolute atomic E-state index is 13.7. The van der Waals surface area contributed by atoms with E-state index >= 15 is 0 Å². The Morgan fingerprint density at radius 2 is 1.81 bits per heavy atom. The Bertz CT molecular complexity index is 1340. The molecule has 0 saturated carbocycles. The van der Waals surface area contributed by atoms with E-state index in [1.54, 1.807) is 24.3 Å². The van der Waals surface area contributed by atoms with E-state index in [-0.39, 0.29) is 4.90 Å². The molecule has 2 heterocycles. The van der Waals surface area contributed by atoms with E-state index in [0.717, 1.165) is 21.6 Å². The zero-order valence-corrected chi connectivity index (χ0v) is 18.7. The molecule has 0 amide bonds. The van der Waals surface area contributed by atoms with Gasteiger partial charge in [-0.2, -0.15) is 17.9 Å². The zero-order valence-electron chi connectivity index (χ0n) is 16.3. The standard InChI is InChI=1S/C20H18FN3O4S3/c1-30(25,26)23-16-9-7-14(8-10-16)18-13-19(20-6-3-11-29-20)24(22-18)31(27,28)17-5-2-4-15(21)12-17/h2-12,19,23H,13H2,1H3. The van der Waals surface area contributed by atoms with Crippen LogP contribution in [-0.2, 0) is 20.0 Å². The van der Waals surface area contributed by atoms with Gasteiger partial charge in [0.25, 0.3) is 10.0 Å². The summed E-state index contributed by atoms with van der Waals surface area (Å²) in [5.41, 5.74) is 1.59. The highest BCUT2D eigenvalue weighted by Gasteiger charge is 2.38. The average molecular weight is 480 g/mol. The fourth-order valence-corrected chi connectivity index (χ4v) is 6.16. The molecule has 1 atom stereocenters. The van der Waals surface area contributed by atoms with Crippen LogP contribution in [-0.4, -0.2) is 33.2 Å². The Morgan fingerprint density at radius 3 is 2.42 bits per heavy atom. The topological polar surface area (TPSA) is 95.9 Å². The highest BCUT2D eigenvalue weighted by Crippen LogP contribution is 2.39. The number of rotatable bonds is 6. The van der Waals surface area contributed by atoms with Crippen molar-refractivity contribution in [1.82, 2.24) is 4.41 Å². The van der Waals surface area contributed by atoms with Crippen molar-refractivity contribution in [2.24, 2.45) is 5.10 Å². The molecule has 0 spiro atoms.